The number of carbonyl (C=O) groups is 1. The maximum Gasteiger partial charge on any atom is 0.228 e. The highest BCUT2D eigenvalue weighted by Crippen LogP contribution is 2.24. The lowest BCUT2D eigenvalue weighted by atomic mass is 9.89. The molecule has 1 amide bonds. The van der Waals surface area contributed by atoms with Gasteiger partial charge >= 0.3 is 0 Å². The maximum atomic E-state index is 13.6. The van der Waals surface area contributed by atoms with Crippen LogP contribution in [0.3, 0.4) is 0 Å². The number of pyridine rings is 1. The summed E-state index contributed by atoms with van der Waals surface area (Å²) in [6, 6.07) is 10.3. The van der Waals surface area contributed by atoms with Crippen LogP contribution in [0.1, 0.15) is 37.7 Å². The van der Waals surface area contributed by atoms with E-state index in [4.69, 9.17) is 0 Å². The van der Waals surface area contributed by atoms with Gasteiger partial charge in [-0.3, -0.25) is 4.79 Å². The lowest BCUT2D eigenvalue weighted by Gasteiger charge is -2.20. The smallest absolute Gasteiger partial charge is 0.228 e. The van der Waals surface area contributed by atoms with E-state index in [1.165, 1.54) is 12.5 Å². The Morgan fingerprint density at radius 2 is 1.92 bits per heavy atom. The second-order valence-corrected chi connectivity index (χ2v) is 6.20. The molecule has 1 aromatic heterocycles. The first kappa shape index (κ1) is 16.4. The quantitative estimate of drug-likeness (QED) is 0.858. The molecule has 0 unspecified atom stereocenters. The van der Waals surface area contributed by atoms with Gasteiger partial charge in [-0.25, -0.2) is 9.37 Å². The van der Waals surface area contributed by atoms with Gasteiger partial charge in [0.15, 0.2) is 0 Å². The van der Waals surface area contributed by atoms with E-state index >= 15 is 0 Å². The van der Waals surface area contributed by atoms with Crippen molar-refractivity contribution in [3.8, 4) is 0 Å². The van der Waals surface area contributed by atoms with Gasteiger partial charge in [-0.2, -0.15) is 0 Å². The summed E-state index contributed by atoms with van der Waals surface area (Å²) in [4.78, 5) is 16.5. The Balaban J connectivity index is 1.53. The molecule has 0 saturated heterocycles. The van der Waals surface area contributed by atoms with E-state index in [1.54, 1.807) is 24.4 Å². The molecule has 3 rings (SSSR count). The van der Waals surface area contributed by atoms with Crippen LogP contribution in [0.15, 0.2) is 42.6 Å². The van der Waals surface area contributed by atoms with Crippen LogP contribution in [0.4, 0.5) is 15.9 Å². The third-order valence-corrected chi connectivity index (χ3v) is 4.43. The lowest BCUT2D eigenvalue weighted by molar-refractivity contribution is -0.120. The van der Waals surface area contributed by atoms with Gasteiger partial charge in [-0.1, -0.05) is 37.5 Å². The number of anilines is 2. The van der Waals surface area contributed by atoms with Crippen LogP contribution in [0.5, 0.6) is 0 Å². The van der Waals surface area contributed by atoms with Gasteiger partial charge in [0.25, 0.3) is 0 Å². The molecular weight excluding hydrogens is 305 g/mol. The molecule has 4 nitrogen and oxygen atoms in total. The van der Waals surface area contributed by atoms with Crippen molar-refractivity contribution < 1.29 is 9.18 Å². The van der Waals surface area contributed by atoms with E-state index in [9.17, 15) is 9.18 Å². The highest BCUT2D eigenvalue weighted by atomic mass is 19.1. The van der Waals surface area contributed by atoms with Gasteiger partial charge in [-0.15, -0.1) is 0 Å². The Hall–Kier alpha value is -2.43. The van der Waals surface area contributed by atoms with E-state index in [1.807, 2.05) is 12.1 Å². The summed E-state index contributed by atoms with van der Waals surface area (Å²) >= 11 is 0. The summed E-state index contributed by atoms with van der Waals surface area (Å²) in [7, 11) is 0. The largest absolute Gasteiger partial charge is 0.380 e. The number of aromatic nitrogens is 1. The Labute approximate surface area is 141 Å². The number of hydrogen-bond acceptors (Lipinski definition) is 3. The number of nitrogens with one attached hydrogen (secondary N) is 2. The number of amides is 1. The average molecular weight is 327 g/mol. The minimum Gasteiger partial charge on any atom is -0.380 e. The molecule has 126 valence electrons. The fourth-order valence-electron chi connectivity index (χ4n) is 3.00. The standard InChI is InChI=1S/C19H22FN3O/c20-17-9-5-4-8-15(17)12-21-16-10-11-18(22-13-16)23-19(24)14-6-2-1-3-7-14/h4-5,8-11,13-14,21H,1-3,6-7,12H2,(H,22,23,24). The van der Waals surface area contributed by atoms with Crippen molar-refractivity contribution in [2.75, 3.05) is 10.6 Å². The van der Waals surface area contributed by atoms with E-state index in [0.29, 0.717) is 17.9 Å². The lowest BCUT2D eigenvalue weighted by Crippen LogP contribution is -2.25. The second kappa shape index (κ2) is 7.90. The molecule has 0 atom stereocenters. The van der Waals surface area contributed by atoms with Gasteiger partial charge in [0.05, 0.1) is 11.9 Å². The molecule has 0 aliphatic heterocycles. The van der Waals surface area contributed by atoms with Crippen LogP contribution < -0.4 is 10.6 Å². The van der Waals surface area contributed by atoms with Crippen LogP contribution in [0, 0.1) is 11.7 Å². The molecule has 2 aromatic rings. The van der Waals surface area contributed by atoms with Crippen LogP contribution in [0.25, 0.3) is 0 Å². The Bertz CT molecular complexity index is 681. The number of hydrogen-bond donors (Lipinski definition) is 2. The summed E-state index contributed by atoms with van der Waals surface area (Å²) in [5.74, 6) is 0.505. The predicted octanol–water partition coefficient (Wildman–Crippen LogP) is 4.35. The molecule has 24 heavy (non-hydrogen) atoms. The topological polar surface area (TPSA) is 54.0 Å². The fraction of sp³-hybridized carbons (Fsp3) is 0.368. The molecule has 2 N–H and O–H groups in total. The van der Waals surface area contributed by atoms with Crippen LogP contribution in [0.2, 0.25) is 0 Å². The summed E-state index contributed by atoms with van der Waals surface area (Å²) < 4.78 is 13.6. The predicted molar refractivity (Wildman–Crippen MR) is 93.2 cm³/mol. The number of nitrogens with zero attached hydrogens (tertiary/aromatic N) is 1. The molecule has 1 heterocycles. The summed E-state index contributed by atoms with van der Waals surface area (Å²) in [6.07, 6.45) is 7.07. The Morgan fingerprint density at radius 1 is 1.12 bits per heavy atom. The van der Waals surface area contributed by atoms with E-state index in [2.05, 4.69) is 15.6 Å². The third kappa shape index (κ3) is 4.31. The molecule has 0 spiro atoms. The highest BCUT2D eigenvalue weighted by molar-refractivity contribution is 5.91. The first-order chi connectivity index (χ1) is 11.7. The normalized spacial score (nSPS) is 15.0. The van der Waals surface area contributed by atoms with Gasteiger partial charge in [0.2, 0.25) is 5.91 Å². The monoisotopic (exact) mass is 327 g/mol. The molecule has 1 saturated carbocycles. The van der Waals surface area contributed by atoms with Gasteiger partial charge in [0.1, 0.15) is 11.6 Å². The first-order valence-corrected chi connectivity index (χ1v) is 8.46. The number of carbonyl (C=O) groups excluding carboxylic acids is 1. The minimum absolute atomic E-state index is 0.0641. The van der Waals surface area contributed by atoms with Crippen molar-refractivity contribution in [2.24, 2.45) is 5.92 Å². The van der Waals surface area contributed by atoms with Crippen molar-refractivity contribution in [3.05, 3.63) is 54.0 Å². The van der Waals surface area contributed by atoms with Crippen molar-refractivity contribution in [3.63, 3.8) is 0 Å². The summed E-state index contributed by atoms with van der Waals surface area (Å²) in [6.45, 7) is 0.391. The van der Waals surface area contributed by atoms with Crippen LogP contribution in [-0.2, 0) is 11.3 Å². The number of benzene rings is 1. The Kier molecular flexibility index (Phi) is 5.41. The van der Waals surface area contributed by atoms with Crippen LogP contribution in [-0.4, -0.2) is 10.9 Å². The molecule has 0 radical (unpaired) electrons. The summed E-state index contributed by atoms with van der Waals surface area (Å²) in [5.41, 5.74) is 1.39. The van der Waals surface area contributed by atoms with E-state index in [0.717, 1.165) is 31.4 Å². The molecule has 1 aliphatic rings. The SMILES string of the molecule is O=C(Nc1ccc(NCc2ccccc2F)cn1)C1CCCCC1. The number of rotatable bonds is 5. The zero-order chi connectivity index (χ0) is 16.8. The van der Waals surface area contributed by atoms with Gasteiger partial charge in [0, 0.05) is 18.0 Å². The third-order valence-electron chi connectivity index (χ3n) is 4.43. The molecule has 1 aliphatic carbocycles. The Morgan fingerprint density at radius 3 is 2.62 bits per heavy atom. The minimum atomic E-state index is -0.227. The molecule has 1 aromatic carbocycles. The molecule has 0 bridgehead atoms. The molecular formula is C19H22FN3O. The van der Waals surface area contributed by atoms with Crippen molar-refractivity contribution in [2.45, 2.75) is 38.6 Å². The van der Waals surface area contributed by atoms with Crippen molar-refractivity contribution in [1.82, 2.24) is 4.98 Å². The fourth-order valence-corrected chi connectivity index (χ4v) is 3.00. The van der Waals surface area contributed by atoms with Gasteiger partial charge in [-0.05, 0) is 31.0 Å². The zero-order valence-electron chi connectivity index (χ0n) is 13.6. The van der Waals surface area contributed by atoms with Crippen LogP contribution >= 0.6 is 0 Å². The molecule has 1 fully saturated rings. The van der Waals surface area contributed by atoms with Crippen molar-refractivity contribution in [1.29, 1.82) is 0 Å². The average Bonchev–Trinajstić information content (AvgIpc) is 2.63. The highest BCUT2D eigenvalue weighted by Gasteiger charge is 2.21. The van der Waals surface area contributed by atoms with Crippen molar-refractivity contribution >= 4 is 17.4 Å². The van der Waals surface area contributed by atoms with E-state index < -0.39 is 0 Å². The second-order valence-electron chi connectivity index (χ2n) is 6.20. The van der Waals surface area contributed by atoms with Gasteiger partial charge < -0.3 is 10.6 Å². The maximum absolute atomic E-state index is 13.6. The number of halogens is 1. The first-order valence-electron chi connectivity index (χ1n) is 8.46. The zero-order valence-corrected chi connectivity index (χ0v) is 13.6. The molecule has 5 heteroatoms. The summed E-state index contributed by atoms with van der Waals surface area (Å²) in [5, 5.41) is 6.01. The van der Waals surface area contributed by atoms with E-state index in [-0.39, 0.29) is 17.6 Å².